The fourth-order valence-electron chi connectivity index (χ4n) is 3.18. The first-order valence-electron chi connectivity index (χ1n) is 8.56. The van der Waals surface area contributed by atoms with E-state index >= 15 is 0 Å². The summed E-state index contributed by atoms with van der Waals surface area (Å²) >= 11 is 12.0. The van der Waals surface area contributed by atoms with E-state index in [2.05, 4.69) is 17.1 Å². The summed E-state index contributed by atoms with van der Waals surface area (Å²) in [5.74, 6) is 0.776. The van der Waals surface area contributed by atoms with Crippen LogP contribution in [0.4, 0.5) is 0 Å². The van der Waals surface area contributed by atoms with Gasteiger partial charge in [0.05, 0.1) is 10.0 Å². The van der Waals surface area contributed by atoms with Gasteiger partial charge in [-0.25, -0.2) is 0 Å². The summed E-state index contributed by atoms with van der Waals surface area (Å²) in [6.07, 6.45) is 6.70. The number of nitrogens with zero attached hydrogens (tertiary/aromatic N) is 1. The first kappa shape index (κ1) is 18.1. The quantitative estimate of drug-likeness (QED) is 0.669. The molecule has 1 saturated heterocycles. The molecule has 2 nitrogen and oxygen atoms in total. The molecule has 0 amide bonds. The Balaban J connectivity index is 1.68. The standard InChI is InChI=1S/C18H28Cl2N2/c1-2-3-4-9-22-10-5-6-16(14-22)13-21-12-15-7-8-17(19)18(20)11-15/h7-8,11,16,21H,2-6,9-10,12-14H2,1H3. The van der Waals surface area contributed by atoms with E-state index in [0.717, 1.165) is 19.0 Å². The van der Waals surface area contributed by atoms with Crippen molar-refractivity contribution in [3.63, 3.8) is 0 Å². The Morgan fingerprint density at radius 1 is 1.23 bits per heavy atom. The minimum atomic E-state index is 0.625. The Morgan fingerprint density at radius 2 is 2.09 bits per heavy atom. The molecular weight excluding hydrogens is 315 g/mol. The third kappa shape index (κ3) is 6.08. The highest BCUT2D eigenvalue weighted by Gasteiger charge is 2.18. The Kier molecular flexibility index (Phi) is 8.02. The molecule has 0 aromatic heterocycles. The predicted octanol–water partition coefficient (Wildman–Crippen LogP) is 4.99. The topological polar surface area (TPSA) is 15.3 Å². The molecule has 1 heterocycles. The Labute approximate surface area is 145 Å². The van der Waals surface area contributed by atoms with Crippen molar-refractivity contribution in [2.24, 2.45) is 5.92 Å². The van der Waals surface area contributed by atoms with E-state index in [4.69, 9.17) is 23.2 Å². The van der Waals surface area contributed by atoms with Crippen molar-refractivity contribution < 1.29 is 0 Å². The smallest absolute Gasteiger partial charge is 0.0595 e. The van der Waals surface area contributed by atoms with Crippen LogP contribution < -0.4 is 5.32 Å². The molecule has 1 aliphatic rings. The third-order valence-corrected chi connectivity index (χ3v) is 5.17. The molecule has 0 spiro atoms. The highest BCUT2D eigenvalue weighted by molar-refractivity contribution is 6.42. The predicted molar refractivity (Wildman–Crippen MR) is 96.9 cm³/mol. The second kappa shape index (κ2) is 9.77. The SMILES string of the molecule is CCCCCN1CCCC(CNCc2ccc(Cl)c(Cl)c2)C1. The summed E-state index contributed by atoms with van der Waals surface area (Å²) in [4.78, 5) is 2.64. The van der Waals surface area contributed by atoms with E-state index in [9.17, 15) is 0 Å². The average molecular weight is 343 g/mol. The minimum absolute atomic E-state index is 0.625. The first-order chi connectivity index (χ1) is 10.7. The highest BCUT2D eigenvalue weighted by Crippen LogP contribution is 2.22. The molecule has 1 N–H and O–H groups in total. The molecule has 1 fully saturated rings. The van der Waals surface area contributed by atoms with Gasteiger partial charge in [-0.3, -0.25) is 0 Å². The van der Waals surface area contributed by atoms with Crippen LogP contribution in [0.25, 0.3) is 0 Å². The van der Waals surface area contributed by atoms with Gasteiger partial charge in [0, 0.05) is 13.1 Å². The van der Waals surface area contributed by atoms with Gasteiger partial charge in [0.15, 0.2) is 0 Å². The lowest BCUT2D eigenvalue weighted by Gasteiger charge is -2.33. The molecular formula is C18H28Cl2N2. The maximum Gasteiger partial charge on any atom is 0.0595 e. The largest absolute Gasteiger partial charge is 0.312 e. The Morgan fingerprint density at radius 3 is 2.86 bits per heavy atom. The summed E-state index contributed by atoms with van der Waals surface area (Å²) in [5, 5.41) is 4.84. The van der Waals surface area contributed by atoms with Crippen LogP contribution in [0.15, 0.2) is 18.2 Å². The van der Waals surface area contributed by atoms with Crippen molar-refractivity contribution in [2.75, 3.05) is 26.2 Å². The summed E-state index contributed by atoms with van der Waals surface area (Å²) in [6, 6.07) is 5.87. The van der Waals surface area contributed by atoms with Crippen molar-refractivity contribution in [3.8, 4) is 0 Å². The third-order valence-electron chi connectivity index (χ3n) is 4.43. The zero-order chi connectivity index (χ0) is 15.8. The number of halogens is 2. The lowest BCUT2D eigenvalue weighted by Crippen LogP contribution is -2.39. The van der Waals surface area contributed by atoms with Crippen LogP contribution in [-0.2, 0) is 6.54 Å². The number of benzene rings is 1. The van der Waals surface area contributed by atoms with E-state index in [0.29, 0.717) is 10.0 Å². The van der Waals surface area contributed by atoms with Crippen molar-refractivity contribution in [1.29, 1.82) is 0 Å². The van der Waals surface area contributed by atoms with Crippen molar-refractivity contribution >= 4 is 23.2 Å². The normalized spacial score (nSPS) is 19.5. The molecule has 0 aliphatic carbocycles. The van der Waals surface area contributed by atoms with Crippen molar-refractivity contribution in [2.45, 2.75) is 45.6 Å². The van der Waals surface area contributed by atoms with Crippen molar-refractivity contribution in [3.05, 3.63) is 33.8 Å². The minimum Gasteiger partial charge on any atom is -0.312 e. The summed E-state index contributed by atoms with van der Waals surface area (Å²) in [7, 11) is 0. The zero-order valence-electron chi connectivity index (χ0n) is 13.6. The van der Waals surface area contributed by atoms with Crippen LogP contribution >= 0.6 is 23.2 Å². The van der Waals surface area contributed by atoms with Gasteiger partial charge in [0.2, 0.25) is 0 Å². The van der Waals surface area contributed by atoms with Crippen LogP contribution in [0.3, 0.4) is 0 Å². The molecule has 124 valence electrons. The van der Waals surface area contributed by atoms with Gasteiger partial charge in [-0.05, 0) is 62.5 Å². The molecule has 22 heavy (non-hydrogen) atoms. The van der Waals surface area contributed by atoms with E-state index in [1.807, 2.05) is 18.2 Å². The number of piperidine rings is 1. The summed E-state index contributed by atoms with van der Waals surface area (Å²) < 4.78 is 0. The molecule has 0 radical (unpaired) electrons. The Bertz CT molecular complexity index is 451. The van der Waals surface area contributed by atoms with Crippen LogP contribution in [-0.4, -0.2) is 31.1 Å². The van der Waals surface area contributed by atoms with Gasteiger partial charge >= 0.3 is 0 Å². The lowest BCUT2D eigenvalue weighted by atomic mass is 9.97. The number of rotatable bonds is 8. The number of likely N-dealkylation sites (tertiary alicyclic amines) is 1. The van der Waals surface area contributed by atoms with Crippen molar-refractivity contribution in [1.82, 2.24) is 10.2 Å². The monoisotopic (exact) mass is 342 g/mol. The van der Waals surface area contributed by atoms with Gasteiger partial charge in [-0.2, -0.15) is 0 Å². The first-order valence-corrected chi connectivity index (χ1v) is 9.31. The van der Waals surface area contributed by atoms with Gasteiger partial charge < -0.3 is 10.2 Å². The van der Waals surface area contributed by atoms with Gasteiger partial charge in [0.1, 0.15) is 0 Å². The van der Waals surface area contributed by atoms with E-state index in [1.54, 1.807) is 0 Å². The molecule has 0 bridgehead atoms. The van der Waals surface area contributed by atoms with Crippen LogP contribution in [0.1, 0.15) is 44.6 Å². The van der Waals surface area contributed by atoms with Gasteiger partial charge in [0.25, 0.3) is 0 Å². The van der Waals surface area contributed by atoms with Gasteiger partial charge in [-0.15, -0.1) is 0 Å². The molecule has 2 rings (SSSR count). The molecule has 4 heteroatoms. The zero-order valence-corrected chi connectivity index (χ0v) is 15.1. The maximum absolute atomic E-state index is 6.05. The number of unbranched alkanes of at least 4 members (excludes halogenated alkanes) is 2. The lowest BCUT2D eigenvalue weighted by molar-refractivity contribution is 0.169. The summed E-state index contributed by atoms with van der Waals surface area (Å²) in [5.41, 5.74) is 1.20. The number of hydrogen-bond acceptors (Lipinski definition) is 2. The molecule has 1 unspecified atom stereocenters. The van der Waals surface area contributed by atoms with Crippen LogP contribution in [0, 0.1) is 5.92 Å². The summed E-state index contributed by atoms with van der Waals surface area (Å²) in [6.45, 7) is 8.03. The van der Waals surface area contributed by atoms with E-state index in [-0.39, 0.29) is 0 Å². The number of nitrogens with one attached hydrogen (secondary N) is 1. The molecule has 0 saturated carbocycles. The fraction of sp³-hybridized carbons (Fsp3) is 0.667. The van der Waals surface area contributed by atoms with E-state index < -0.39 is 0 Å². The molecule has 1 aromatic carbocycles. The van der Waals surface area contributed by atoms with Crippen LogP contribution in [0.2, 0.25) is 10.0 Å². The van der Waals surface area contributed by atoms with Gasteiger partial charge in [-0.1, -0.05) is 49.0 Å². The molecule has 1 atom stereocenters. The average Bonchev–Trinajstić information content (AvgIpc) is 2.52. The second-order valence-corrected chi connectivity index (χ2v) is 7.21. The maximum atomic E-state index is 6.05. The molecule has 1 aliphatic heterocycles. The number of hydrogen-bond donors (Lipinski definition) is 1. The fourth-order valence-corrected chi connectivity index (χ4v) is 3.50. The van der Waals surface area contributed by atoms with Crippen LogP contribution in [0.5, 0.6) is 0 Å². The molecule has 1 aromatic rings. The van der Waals surface area contributed by atoms with E-state index in [1.165, 1.54) is 57.3 Å². The highest BCUT2D eigenvalue weighted by atomic mass is 35.5. The second-order valence-electron chi connectivity index (χ2n) is 6.40. The Hall–Kier alpha value is -0.280.